The summed E-state index contributed by atoms with van der Waals surface area (Å²) in [5.74, 6) is -0.326. The van der Waals surface area contributed by atoms with Gasteiger partial charge < -0.3 is 5.32 Å². The summed E-state index contributed by atoms with van der Waals surface area (Å²) in [6, 6.07) is 7.16. The molecular formula is C13H8ClN5O3. The number of nitrogens with zero attached hydrogens (tertiary/aromatic N) is 3. The molecule has 0 bridgehead atoms. The molecule has 0 aliphatic heterocycles. The number of nitro benzene ring substituents is 1. The zero-order valence-corrected chi connectivity index (χ0v) is 11.7. The van der Waals surface area contributed by atoms with Crippen LogP contribution in [-0.4, -0.2) is 26.0 Å². The van der Waals surface area contributed by atoms with E-state index in [-0.39, 0.29) is 17.2 Å². The summed E-state index contributed by atoms with van der Waals surface area (Å²) in [7, 11) is 0. The Bertz CT molecular complexity index is 892. The van der Waals surface area contributed by atoms with Crippen LogP contribution in [0.25, 0.3) is 10.9 Å². The van der Waals surface area contributed by atoms with Gasteiger partial charge in [-0.15, -0.1) is 0 Å². The molecule has 0 aliphatic rings. The molecule has 0 saturated carbocycles. The Morgan fingerprint density at radius 1 is 1.32 bits per heavy atom. The first-order valence-corrected chi connectivity index (χ1v) is 6.48. The molecule has 1 amide bonds. The van der Waals surface area contributed by atoms with Crippen molar-refractivity contribution in [3.8, 4) is 0 Å². The number of anilines is 1. The predicted molar refractivity (Wildman–Crippen MR) is 79.9 cm³/mol. The Morgan fingerprint density at radius 3 is 2.86 bits per heavy atom. The van der Waals surface area contributed by atoms with Crippen LogP contribution < -0.4 is 5.32 Å². The summed E-state index contributed by atoms with van der Waals surface area (Å²) in [5, 5.41) is 20.8. The molecule has 0 spiro atoms. The van der Waals surface area contributed by atoms with E-state index in [1.54, 1.807) is 6.07 Å². The summed E-state index contributed by atoms with van der Waals surface area (Å²) in [6.07, 6.45) is 1.41. The SMILES string of the molecule is O=C(Nc1n[nH]c2ccc([N+](=O)[O-])cc12)c1cc(Cl)ccn1. The average molecular weight is 318 g/mol. The van der Waals surface area contributed by atoms with E-state index in [1.807, 2.05) is 0 Å². The van der Waals surface area contributed by atoms with E-state index in [4.69, 9.17) is 11.6 Å². The van der Waals surface area contributed by atoms with Gasteiger partial charge in [0.25, 0.3) is 11.6 Å². The first kappa shape index (κ1) is 14.0. The Labute approximate surface area is 128 Å². The number of amides is 1. The Kier molecular flexibility index (Phi) is 3.43. The molecule has 0 fully saturated rings. The third kappa shape index (κ3) is 2.59. The molecule has 2 N–H and O–H groups in total. The van der Waals surface area contributed by atoms with Crippen LogP contribution in [0.2, 0.25) is 5.02 Å². The molecule has 3 rings (SSSR count). The monoisotopic (exact) mass is 317 g/mol. The molecule has 3 aromatic rings. The van der Waals surface area contributed by atoms with E-state index < -0.39 is 10.8 Å². The largest absolute Gasteiger partial charge is 0.303 e. The average Bonchev–Trinajstić information content (AvgIpc) is 2.89. The summed E-state index contributed by atoms with van der Waals surface area (Å²) >= 11 is 5.80. The fourth-order valence-corrected chi connectivity index (χ4v) is 2.07. The van der Waals surface area contributed by atoms with Crippen LogP contribution >= 0.6 is 11.6 Å². The summed E-state index contributed by atoms with van der Waals surface area (Å²) in [5.41, 5.74) is 0.597. The van der Waals surface area contributed by atoms with Crippen molar-refractivity contribution < 1.29 is 9.72 Å². The molecule has 1 aromatic carbocycles. The van der Waals surface area contributed by atoms with Crippen molar-refractivity contribution in [2.24, 2.45) is 0 Å². The number of nitro groups is 1. The van der Waals surface area contributed by atoms with Crippen molar-refractivity contribution in [1.29, 1.82) is 0 Å². The number of H-pyrrole nitrogens is 1. The third-order valence-corrected chi connectivity index (χ3v) is 3.18. The molecular weight excluding hydrogens is 310 g/mol. The highest BCUT2D eigenvalue weighted by atomic mass is 35.5. The molecule has 9 heteroatoms. The maximum absolute atomic E-state index is 12.1. The fraction of sp³-hybridized carbons (Fsp3) is 0. The number of carbonyl (C=O) groups excluding carboxylic acids is 1. The molecule has 0 unspecified atom stereocenters. The summed E-state index contributed by atoms with van der Waals surface area (Å²) in [4.78, 5) is 26.3. The lowest BCUT2D eigenvalue weighted by Gasteiger charge is -2.02. The molecule has 0 atom stereocenters. The van der Waals surface area contributed by atoms with Gasteiger partial charge in [-0.3, -0.25) is 25.0 Å². The maximum Gasteiger partial charge on any atom is 0.275 e. The van der Waals surface area contributed by atoms with Gasteiger partial charge in [0.05, 0.1) is 15.8 Å². The molecule has 8 nitrogen and oxygen atoms in total. The maximum atomic E-state index is 12.1. The summed E-state index contributed by atoms with van der Waals surface area (Å²) < 4.78 is 0. The number of fused-ring (bicyclic) bond motifs is 1. The summed E-state index contributed by atoms with van der Waals surface area (Å²) in [6.45, 7) is 0. The van der Waals surface area contributed by atoms with Crippen molar-refractivity contribution in [2.45, 2.75) is 0 Å². The molecule has 110 valence electrons. The van der Waals surface area contributed by atoms with Gasteiger partial charge in [0, 0.05) is 23.4 Å². The lowest BCUT2D eigenvalue weighted by atomic mass is 10.2. The number of hydrogen-bond donors (Lipinski definition) is 2. The van der Waals surface area contributed by atoms with E-state index in [0.29, 0.717) is 15.9 Å². The highest BCUT2D eigenvalue weighted by Gasteiger charge is 2.15. The van der Waals surface area contributed by atoms with Gasteiger partial charge in [-0.2, -0.15) is 5.10 Å². The quantitative estimate of drug-likeness (QED) is 0.569. The highest BCUT2D eigenvalue weighted by molar-refractivity contribution is 6.31. The number of carbonyl (C=O) groups is 1. The van der Waals surface area contributed by atoms with Crippen LogP contribution in [-0.2, 0) is 0 Å². The van der Waals surface area contributed by atoms with Crippen LogP contribution in [0.1, 0.15) is 10.5 Å². The standard InChI is InChI=1S/C13H8ClN5O3/c14-7-3-4-15-11(5-7)13(20)16-12-9-6-8(19(21)22)1-2-10(9)17-18-12/h1-6H,(H2,16,17,18,20). The zero-order valence-electron chi connectivity index (χ0n) is 10.9. The Hall–Kier alpha value is -3.00. The number of aromatic amines is 1. The third-order valence-electron chi connectivity index (χ3n) is 2.94. The lowest BCUT2D eigenvalue weighted by molar-refractivity contribution is -0.384. The van der Waals surface area contributed by atoms with Gasteiger partial charge in [0.1, 0.15) is 5.69 Å². The normalized spacial score (nSPS) is 10.6. The smallest absolute Gasteiger partial charge is 0.275 e. The number of pyridine rings is 1. The second-order valence-electron chi connectivity index (χ2n) is 4.37. The van der Waals surface area contributed by atoms with E-state index in [9.17, 15) is 14.9 Å². The van der Waals surface area contributed by atoms with Gasteiger partial charge in [-0.05, 0) is 18.2 Å². The van der Waals surface area contributed by atoms with Crippen LogP contribution in [0.4, 0.5) is 11.5 Å². The zero-order chi connectivity index (χ0) is 15.7. The van der Waals surface area contributed by atoms with Gasteiger partial charge in [-0.25, -0.2) is 0 Å². The fourth-order valence-electron chi connectivity index (χ4n) is 1.91. The van der Waals surface area contributed by atoms with Gasteiger partial charge in [-0.1, -0.05) is 11.6 Å². The molecule has 0 aliphatic carbocycles. The number of aromatic nitrogens is 3. The molecule has 2 heterocycles. The molecule has 0 radical (unpaired) electrons. The predicted octanol–water partition coefficient (Wildman–Crippen LogP) is 2.77. The topological polar surface area (TPSA) is 114 Å². The number of nitrogens with one attached hydrogen (secondary N) is 2. The number of rotatable bonds is 3. The van der Waals surface area contributed by atoms with E-state index in [0.717, 1.165) is 0 Å². The van der Waals surface area contributed by atoms with Crippen LogP contribution in [0.3, 0.4) is 0 Å². The lowest BCUT2D eigenvalue weighted by Crippen LogP contribution is -2.14. The van der Waals surface area contributed by atoms with Gasteiger partial charge >= 0.3 is 0 Å². The molecule has 22 heavy (non-hydrogen) atoms. The second kappa shape index (κ2) is 5.41. The second-order valence-corrected chi connectivity index (χ2v) is 4.81. The van der Waals surface area contributed by atoms with Crippen LogP contribution in [0, 0.1) is 10.1 Å². The van der Waals surface area contributed by atoms with Gasteiger partial charge in [0.2, 0.25) is 0 Å². The minimum Gasteiger partial charge on any atom is -0.303 e. The Balaban J connectivity index is 1.95. The number of halogens is 1. The van der Waals surface area contributed by atoms with Crippen molar-refractivity contribution in [1.82, 2.24) is 15.2 Å². The van der Waals surface area contributed by atoms with Gasteiger partial charge in [0.15, 0.2) is 5.82 Å². The van der Waals surface area contributed by atoms with Crippen molar-refractivity contribution in [2.75, 3.05) is 5.32 Å². The van der Waals surface area contributed by atoms with Crippen molar-refractivity contribution in [3.63, 3.8) is 0 Å². The number of hydrogen-bond acceptors (Lipinski definition) is 5. The van der Waals surface area contributed by atoms with E-state index >= 15 is 0 Å². The van der Waals surface area contributed by atoms with E-state index in [1.165, 1.54) is 30.5 Å². The number of benzene rings is 1. The van der Waals surface area contributed by atoms with Crippen molar-refractivity contribution in [3.05, 3.63) is 57.4 Å². The first-order valence-electron chi connectivity index (χ1n) is 6.10. The minimum absolute atomic E-state index is 0.0923. The van der Waals surface area contributed by atoms with Crippen molar-refractivity contribution >= 4 is 39.9 Å². The number of non-ortho nitro benzene ring substituents is 1. The van der Waals surface area contributed by atoms with Crippen LogP contribution in [0.15, 0.2) is 36.5 Å². The minimum atomic E-state index is -0.517. The molecule has 2 aromatic heterocycles. The van der Waals surface area contributed by atoms with Crippen LogP contribution in [0.5, 0.6) is 0 Å². The Morgan fingerprint density at radius 2 is 2.14 bits per heavy atom. The van der Waals surface area contributed by atoms with E-state index in [2.05, 4.69) is 20.5 Å². The first-order chi connectivity index (χ1) is 10.5. The highest BCUT2D eigenvalue weighted by Crippen LogP contribution is 2.25. The molecule has 0 saturated heterocycles.